The molecule has 18 heavy (non-hydrogen) atoms. The zero-order chi connectivity index (χ0) is 12.8. The summed E-state index contributed by atoms with van der Waals surface area (Å²) in [6, 6.07) is 5.47. The summed E-state index contributed by atoms with van der Waals surface area (Å²) in [6.45, 7) is 2.77. The predicted molar refractivity (Wildman–Crippen MR) is 67.2 cm³/mol. The number of rotatable bonds is 1. The molecule has 1 fully saturated rings. The van der Waals surface area contributed by atoms with E-state index in [1.54, 1.807) is 24.1 Å². The van der Waals surface area contributed by atoms with E-state index in [9.17, 15) is 9.90 Å². The molecule has 3 rings (SSSR count). The van der Waals surface area contributed by atoms with Crippen molar-refractivity contribution < 1.29 is 9.90 Å². The van der Waals surface area contributed by atoms with Crippen LogP contribution in [0.3, 0.4) is 0 Å². The Morgan fingerprint density at radius 1 is 1.56 bits per heavy atom. The van der Waals surface area contributed by atoms with Crippen LogP contribution in [0, 0.1) is 0 Å². The largest absolute Gasteiger partial charge is 0.388 e. The number of hydrogen-bond acceptors (Lipinski definition) is 3. The van der Waals surface area contributed by atoms with Crippen LogP contribution in [0.1, 0.15) is 23.7 Å². The third-order valence-electron chi connectivity index (χ3n) is 3.43. The first kappa shape index (κ1) is 11.2. The van der Waals surface area contributed by atoms with Crippen molar-refractivity contribution >= 4 is 16.8 Å². The molecule has 1 aliphatic heterocycles. The fourth-order valence-corrected chi connectivity index (χ4v) is 2.38. The van der Waals surface area contributed by atoms with Crippen molar-refractivity contribution in [1.29, 1.82) is 0 Å². The molecule has 1 aromatic carbocycles. The first-order valence-electron chi connectivity index (χ1n) is 6.00. The van der Waals surface area contributed by atoms with Gasteiger partial charge in [0, 0.05) is 24.0 Å². The van der Waals surface area contributed by atoms with Crippen molar-refractivity contribution in [1.82, 2.24) is 15.1 Å². The van der Waals surface area contributed by atoms with Gasteiger partial charge in [-0.1, -0.05) is 0 Å². The molecule has 0 bridgehead atoms. The maximum absolute atomic E-state index is 12.3. The number of amides is 1. The smallest absolute Gasteiger partial charge is 0.253 e. The van der Waals surface area contributed by atoms with Gasteiger partial charge in [0.2, 0.25) is 0 Å². The summed E-state index contributed by atoms with van der Waals surface area (Å²) in [7, 11) is 0. The van der Waals surface area contributed by atoms with Gasteiger partial charge < -0.3 is 10.0 Å². The number of carbonyl (C=O) groups excluding carboxylic acids is 1. The van der Waals surface area contributed by atoms with E-state index >= 15 is 0 Å². The number of hydrogen-bond donors (Lipinski definition) is 2. The Bertz CT molecular complexity index is 603. The Balaban J connectivity index is 1.88. The molecular formula is C13H15N3O2. The van der Waals surface area contributed by atoms with E-state index in [-0.39, 0.29) is 5.91 Å². The van der Waals surface area contributed by atoms with Gasteiger partial charge in [0.1, 0.15) is 0 Å². The van der Waals surface area contributed by atoms with E-state index in [0.717, 1.165) is 10.9 Å². The minimum Gasteiger partial charge on any atom is -0.388 e. The molecule has 5 heteroatoms. The van der Waals surface area contributed by atoms with Gasteiger partial charge in [-0.05, 0) is 31.5 Å². The molecule has 94 valence electrons. The van der Waals surface area contributed by atoms with E-state index in [1.807, 2.05) is 12.1 Å². The fourth-order valence-electron chi connectivity index (χ4n) is 2.38. The number of aliphatic hydroxyl groups is 1. The van der Waals surface area contributed by atoms with E-state index < -0.39 is 5.60 Å². The van der Waals surface area contributed by atoms with E-state index in [2.05, 4.69) is 10.2 Å². The molecule has 2 heterocycles. The van der Waals surface area contributed by atoms with Crippen molar-refractivity contribution in [3.63, 3.8) is 0 Å². The van der Waals surface area contributed by atoms with Gasteiger partial charge in [-0.3, -0.25) is 9.89 Å². The van der Waals surface area contributed by atoms with Crippen LogP contribution < -0.4 is 0 Å². The number of β-amino-alcohol motifs (C(OH)–C–C–N with tert-alkyl or cyclic N) is 1. The highest BCUT2D eigenvalue weighted by molar-refractivity contribution is 5.98. The van der Waals surface area contributed by atoms with Crippen LogP contribution in [0.5, 0.6) is 0 Å². The van der Waals surface area contributed by atoms with E-state index in [1.165, 1.54) is 0 Å². The van der Waals surface area contributed by atoms with Crippen molar-refractivity contribution in [3.05, 3.63) is 30.0 Å². The number of aromatic amines is 1. The number of fused-ring (bicyclic) bond motifs is 1. The standard InChI is InChI=1S/C13H15N3O2/c1-13(18)4-5-16(8-13)12(17)9-2-3-11-10(6-9)7-14-15-11/h2-3,6-7,18H,4-5,8H2,1H3,(H,14,15). The molecule has 1 saturated heterocycles. The van der Waals surface area contributed by atoms with Crippen molar-refractivity contribution in [3.8, 4) is 0 Å². The number of nitrogens with one attached hydrogen (secondary N) is 1. The van der Waals surface area contributed by atoms with Crippen LogP contribution in [0.25, 0.3) is 10.9 Å². The van der Waals surface area contributed by atoms with Gasteiger partial charge in [-0.25, -0.2) is 0 Å². The van der Waals surface area contributed by atoms with Gasteiger partial charge in [0.25, 0.3) is 5.91 Å². The van der Waals surface area contributed by atoms with Crippen LogP contribution in [-0.2, 0) is 0 Å². The van der Waals surface area contributed by atoms with Crippen LogP contribution in [-0.4, -0.2) is 44.8 Å². The fraction of sp³-hybridized carbons (Fsp3) is 0.385. The van der Waals surface area contributed by atoms with Gasteiger partial charge in [-0.15, -0.1) is 0 Å². The predicted octanol–water partition coefficient (Wildman–Crippen LogP) is 1.16. The van der Waals surface area contributed by atoms with Crippen LogP contribution >= 0.6 is 0 Å². The zero-order valence-corrected chi connectivity index (χ0v) is 10.2. The number of likely N-dealkylation sites (tertiary alicyclic amines) is 1. The Morgan fingerprint density at radius 3 is 3.11 bits per heavy atom. The topological polar surface area (TPSA) is 69.2 Å². The summed E-state index contributed by atoms with van der Waals surface area (Å²) in [5.41, 5.74) is 0.802. The monoisotopic (exact) mass is 245 g/mol. The second kappa shape index (κ2) is 3.81. The van der Waals surface area contributed by atoms with Crippen LogP contribution in [0.2, 0.25) is 0 Å². The summed E-state index contributed by atoms with van der Waals surface area (Å²) in [4.78, 5) is 14.0. The summed E-state index contributed by atoms with van der Waals surface area (Å²) in [6.07, 6.45) is 2.33. The highest BCUT2D eigenvalue weighted by Crippen LogP contribution is 2.23. The van der Waals surface area contributed by atoms with Gasteiger partial charge in [-0.2, -0.15) is 5.10 Å². The third kappa shape index (κ3) is 1.86. The minimum absolute atomic E-state index is 0.0316. The summed E-state index contributed by atoms with van der Waals surface area (Å²) < 4.78 is 0. The van der Waals surface area contributed by atoms with Crippen molar-refractivity contribution in [2.45, 2.75) is 18.9 Å². The Morgan fingerprint density at radius 2 is 2.39 bits per heavy atom. The third-order valence-corrected chi connectivity index (χ3v) is 3.43. The van der Waals surface area contributed by atoms with Crippen molar-refractivity contribution in [2.24, 2.45) is 0 Å². The zero-order valence-electron chi connectivity index (χ0n) is 10.2. The second-order valence-electron chi connectivity index (χ2n) is 5.15. The Labute approximate surface area is 104 Å². The molecule has 0 aliphatic carbocycles. The lowest BCUT2D eigenvalue weighted by atomic mass is 10.1. The van der Waals surface area contributed by atoms with Gasteiger partial charge in [0.15, 0.2) is 0 Å². The number of benzene rings is 1. The average Bonchev–Trinajstić information content (AvgIpc) is 2.93. The first-order chi connectivity index (χ1) is 8.55. The number of nitrogens with zero attached hydrogens (tertiary/aromatic N) is 2. The van der Waals surface area contributed by atoms with E-state index in [4.69, 9.17) is 0 Å². The molecule has 1 aliphatic rings. The normalized spacial score (nSPS) is 23.8. The molecule has 0 radical (unpaired) electrons. The molecule has 1 amide bonds. The summed E-state index contributed by atoms with van der Waals surface area (Å²) in [5, 5.41) is 17.6. The number of carbonyl (C=O) groups is 1. The maximum atomic E-state index is 12.3. The number of H-pyrrole nitrogens is 1. The first-order valence-corrected chi connectivity index (χ1v) is 6.00. The molecule has 2 aromatic rings. The average molecular weight is 245 g/mol. The molecule has 1 unspecified atom stereocenters. The summed E-state index contributed by atoms with van der Waals surface area (Å²) in [5.74, 6) is -0.0316. The Kier molecular flexibility index (Phi) is 2.38. The molecular weight excluding hydrogens is 230 g/mol. The lowest BCUT2D eigenvalue weighted by Crippen LogP contribution is -2.33. The highest BCUT2D eigenvalue weighted by Gasteiger charge is 2.34. The number of aromatic nitrogens is 2. The molecule has 5 nitrogen and oxygen atoms in total. The van der Waals surface area contributed by atoms with Crippen LogP contribution in [0.4, 0.5) is 0 Å². The second-order valence-corrected chi connectivity index (χ2v) is 5.15. The molecule has 1 atom stereocenters. The van der Waals surface area contributed by atoms with Crippen LogP contribution in [0.15, 0.2) is 24.4 Å². The van der Waals surface area contributed by atoms with Crippen molar-refractivity contribution in [2.75, 3.05) is 13.1 Å². The minimum atomic E-state index is -0.755. The molecule has 0 saturated carbocycles. The quantitative estimate of drug-likeness (QED) is 0.792. The molecule has 0 spiro atoms. The van der Waals surface area contributed by atoms with Gasteiger partial charge >= 0.3 is 0 Å². The molecule has 2 N–H and O–H groups in total. The highest BCUT2D eigenvalue weighted by atomic mass is 16.3. The Hall–Kier alpha value is -1.88. The maximum Gasteiger partial charge on any atom is 0.253 e. The van der Waals surface area contributed by atoms with E-state index in [0.29, 0.717) is 25.1 Å². The SMILES string of the molecule is CC1(O)CCN(C(=O)c2ccc3[nH]ncc3c2)C1. The lowest BCUT2D eigenvalue weighted by Gasteiger charge is -2.19. The summed E-state index contributed by atoms with van der Waals surface area (Å²) >= 11 is 0. The lowest BCUT2D eigenvalue weighted by molar-refractivity contribution is 0.0572. The molecule has 1 aromatic heterocycles. The van der Waals surface area contributed by atoms with Gasteiger partial charge in [0.05, 0.1) is 17.3 Å².